The van der Waals surface area contributed by atoms with Gasteiger partial charge in [0.1, 0.15) is 0 Å². The molecule has 2 aromatic carbocycles. The Kier molecular flexibility index (Phi) is 6.34. The summed E-state index contributed by atoms with van der Waals surface area (Å²) in [7, 11) is 0. The Morgan fingerprint density at radius 2 is 1.81 bits per heavy atom. The number of amides is 1. The quantitative estimate of drug-likeness (QED) is 0.386. The Bertz CT molecular complexity index is 848. The molecule has 3 rings (SSSR count). The maximum Gasteiger partial charge on any atom is 0.257 e. The predicted octanol–water partition coefficient (Wildman–Crippen LogP) is 2.45. The van der Waals surface area contributed by atoms with Crippen molar-refractivity contribution >= 4 is 49.9 Å². The summed E-state index contributed by atoms with van der Waals surface area (Å²) >= 11 is 6.65. The Hall–Kier alpha value is -2.71. The molecule has 0 aliphatic carbocycles. The summed E-state index contributed by atoms with van der Waals surface area (Å²) in [5, 5.41) is 7.16. The summed E-state index contributed by atoms with van der Waals surface area (Å²) in [6, 6.07) is 18.0. The van der Waals surface area contributed by atoms with Crippen LogP contribution in [0.1, 0.15) is 5.56 Å². The van der Waals surface area contributed by atoms with E-state index >= 15 is 0 Å². The number of nitrogens with one attached hydrogen (secondary N) is 4. The Balaban J connectivity index is 1.33. The minimum absolute atomic E-state index is 0.111. The lowest BCUT2D eigenvalue weighted by atomic mass is 10.1. The predicted molar refractivity (Wildman–Crippen MR) is 110 cm³/mol. The summed E-state index contributed by atoms with van der Waals surface area (Å²) in [6.07, 6.45) is 0.857. The average Bonchev–Trinajstić information content (AvgIpc) is 3.08. The number of rotatable bonds is 6. The van der Waals surface area contributed by atoms with E-state index in [2.05, 4.69) is 38.6 Å². The molecule has 0 unspecified atom stereocenters. The largest absolute Gasteiger partial charge is 0.361 e. The van der Waals surface area contributed by atoms with Crippen molar-refractivity contribution in [1.82, 2.24) is 21.2 Å². The highest BCUT2D eigenvalue weighted by atomic mass is 32.1. The van der Waals surface area contributed by atoms with Crippen molar-refractivity contribution in [1.29, 1.82) is 0 Å². The fraction of sp³-hybridized carbons (Fsp3) is 0.167. The topological polar surface area (TPSA) is 78.1 Å². The molecular formula is C18H19N5OS2. The molecule has 0 atom stereocenters. The van der Waals surface area contributed by atoms with Gasteiger partial charge in [-0.15, -0.1) is 0 Å². The van der Waals surface area contributed by atoms with Crippen LogP contribution >= 0.6 is 23.6 Å². The van der Waals surface area contributed by atoms with Gasteiger partial charge in [-0.2, -0.15) is 0 Å². The fourth-order valence-corrected chi connectivity index (χ4v) is 3.30. The van der Waals surface area contributed by atoms with Gasteiger partial charge >= 0.3 is 0 Å². The first-order valence-electron chi connectivity index (χ1n) is 8.17. The molecule has 26 heavy (non-hydrogen) atoms. The lowest BCUT2D eigenvalue weighted by molar-refractivity contribution is -0.119. The van der Waals surface area contributed by atoms with Gasteiger partial charge in [0.15, 0.2) is 10.2 Å². The van der Waals surface area contributed by atoms with Crippen LogP contribution in [-0.2, 0) is 11.2 Å². The summed E-state index contributed by atoms with van der Waals surface area (Å²) in [5.41, 5.74) is 7.40. The van der Waals surface area contributed by atoms with Gasteiger partial charge in [-0.25, -0.2) is 4.98 Å². The van der Waals surface area contributed by atoms with Gasteiger partial charge in [0.25, 0.3) is 5.91 Å². The minimum atomic E-state index is -0.225. The molecule has 0 aliphatic heterocycles. The number of hydrazine groups is 1. The highest BCUT2D eigenvalue weighted by Crippen LogP contribution is 2.24. The van der Waals surface area contributed by atoms with Gasteiger partial charge < -0.3 is 10.6 Å². The van der Waals surface area contributed by atoms with Crippen LogP contribution in [0, 0.1) is 0 Å². The standard InChI is InChI=1S/C18H19N5OS2/c24-16(12-20-18-21-14-8-4-5-9-15(14)26-18)22-23-17(25)19-11-10-13-6-2-1-3-7-13/h1-9H,10-12H2,(H,20,21)(H,22,24)(H2,19,23,25). The number of para-hydroxylation sites is 1. The van der Waals surface area contributed by atoms with E-state index in [-0.39, 0.29) is 12.5 Å². The van der Waals surface area contributed by atoms with Crippen LogP contribution in [0.5, 0.6) is 0 Å². The first-order valence-corrected chi connectivity index (χ1v) is 9.39. The third-order valence-corrected chi connectivity index (χ3v) is 4.79. The summed E-state index contributed by atoms with van der Waals surface area (Å²) in [4.78, 5) is 16.3. The summed E-state index contributed by atoms with van der Waals surface area (Å²) < 4.78 is 1.08. The number of anilines is 1. The highest BCUT2D eigenvalue weighted by molar-refractivity contribution is 7.80. The number of carbonyl (C=O) groups excluding carboxylic acids is 1. The van der Waals surface area contributed by atoms with Crippen LogP contribution in [0.25, 0.3) is 10.2 Å². The van der Waals surface area contributed by atoms with Crippen molar-refractivity contribution in [3.05, 3.63) is 60.2 Å². The maximum absolute atomic E-state index is 11.9. The number of thiazole rings is 1. The molecule has 0 saturated carbocycles. The molecule has 6 nitrogen and oxygen atoms in total. The van der Waals surface area contributed by atoms with E-state index in [9.17, 15) is 4.79 Å². The highest BCUT2D eigenvalue weighted by Gasteiger charge is 2.06. The van der Waals surface area contributed by atoms with E-state index in [0.29, 0.717) is 16.8 Å². The van der Waals surface area contributed by atoms with Crippen molar-refractivity contribution in [3.8, 4) is 0 Å². The fourth-order valence-electron chi connectivity index (χ4n) is 2.28. The van der Waals surface area contributed by atoms with E-state index in [0.717, 1.165) is 16.6 Å². The van der Waals surface area contributed by atoms with Gasteiger partial charge in [0.2, 0.25) is 0 Å². The van der Waals surface area contributed by atoms with E-state index in [1.807, 2.05) is 42.5 Å². The van der Waals surface area contributed by atoms with Gasteiger partial charge in [0.05, 0.1) is 16.8 Å². The number of fused-ring (bicyclic) bond motifs is 1. The lowest BCUT2D eigenvalue weighted by Gasteiger charge is -2.11. The summed E-state index contributed by atoms with van der Waals surface area (Å²) in [6.45, 7) is 0.801. The monoisotopic (exact) mass is 385 g/mol. The molecule has 1 amide bonds. The van der Waals surface area contributed by atoms with Gasteiger partial charge in [0, 0.05) is 6.54 Å². The molecule has 0 radical (unpaired) electrons. The van der Waals surface area contributed by atoms with Crippen LogP contribution in [0.2, 0.25) is 0 Å². The van der Waals surface area contributed by atoms with Crippen molar-refractivity contribution in [2.75, 3.05) is 18.4 Å². The van der Waals surface area contributed by atoms with Gasteiger partial charge in [-0.05, 0) is 36.3 Å². The second-order valence-electron chi connectivity index (χ2n) is 5.50. The molecule has 0 saturated heterocycles. The number of aromatic nitrogens is 1. The average molecular weight is 386 g/mol. The number of nitrogens with zero attached hydrogens (tertiary/aromatic N) is 1. The summed E-state index contributed by atoms with van der Waals surface area (Å²) in [5.74, 6) is -0.225. The first-order chi connectivity index (χ1) is 12.7. The molecule has 1 heterocycles. The molecular weight excluding hydrogens is 366 g/mol. The third-order valence-electron chi connectivity index (χ3n) is 3.55. The SMILES string of the molecule is O=C(CNc1nc2ccccc2s1)NNC(=S)NCCc1ccccc1. The normalized spacial score (nSPS) is 10.3. The molecule has 8 heteroatoms. The van der Waals surface area contributed by atoms with E-state index in [4.69, 9.17) is 12.2 Å². The molecule has 3 aromatic rings. The minimum Gasteiger partial charge on any atom is -0.361 e. The van der Waals surface area contributed by atoms with Crippen LogP contribution in [0.3, 0.4) is 0 Å². The van der Waals surface area contributed by atoms with Crippen LogP contribution in [-0.4, -0.2) is 29.1 Å². The molecule has 0 bridgehead atoms. The zero-order valence-corrected chi connectivity index (χ0v) is 15.6. The second kappa shape index (κ2) is 9.12. The van der Waals surface area contributed by atoms with E-state index in [1.165, 1.54) is 16.9 Å². The molecule has 1 aromatic heterocycles. The Morgan fingerprint density at radius 1 is 1.04 bits per heavy atom. The molecule has 0 spiro atoms. The molecule has 134 valence electrons. The van der Waals surface area contributed by atoms with Crippen molar-refractivity contribution < 1.29 is 4.79 Å². The van der Waals surface area contributed by atoms with Gasteiger partial charge in [-0.1, -0.05) is 53.8 Å². The second-order valence-corrected chi connectivity index (χ2v) is 6.94. The number of hydrogen-bond donors (Lipinski definition) is 4. The molecule has 4 N–H and O–H groups in total. The van der Waals surface area contributed by atoms with Crippen LogP contribution in [0.15, 0.2) is 54.6 Å². The van der Waals surface area contributed by atoms with Crippen molar-refractivity contribution in [2.45, 2.75) is 6.42 Å². The zero-order valence-electron chi connectivity index (χ0n) is 14.0. The maximum atomic E-state index is 11.9. The van der Waals surface area contributed by atoms with Crippen molar-refractivity contribution in [3.63, 3.8) is 0 Å². The number of thiocarbonyl (C=S) groups is 1. The Labute approximate surface area is 161 Å². The zero-order chi connectivity index (χ0) is 18.2. The number of hydrogen-bond acceptors (Lipinski definition) is 5. The number of benzene rings is 2. The first kappa shape index (κ1) is 18.1. The lowest BCUT2D eigenvalue weighted by Crippen LogP contribution is -2.48. The van der Waals surface area contributed by atoms with Gasteiger partial charge in [-0.3, -0.25) is 15.6 Å². The van der Waals surface area contributed by atoms with Crippen molar-refractivity contribution in [2.24, 2.45) is 0 Å². The van der Waals surface area contributed by atoms with E-state index < -0.39 is 0 Å². The van der Waals surface area contributed by atoms with Crippen LogP contribution in [0.4, 0.5) is 5.13 Å². The molecule has 0 aliphatic rings. The smallest absolute Gasteiger partial charge is 0.257 e. The number of carbonyl (C=O) groups is 1. The van der Waals surface area contributed by atoms with Crippen LogP contribution < -0.4 is 21.5 Å². The Morgan fingerprint density at radius 3 is 2.62 bits per heavy atom. The molecule has 0 fully saturated rings. The van der Waals surface area contributed by atoms with E-state index in [1.54, 1.807) is 0 Å². The third kappa shape index (κ3) is 5.40.